The Kier molecular flexibility index (Phi) is 3.16. The van der Waals surface area contributed by atoms with Gasteiger partial charge in [-0.3, -0.25) is 0 Å². The van der Waals surface area contributed by atoms with Gasteiger partial charge in [0.2, 0.25) is 0 Å². The zero-order valence-electron chi connectivity index (χ0n) is 11.2. The number of hydrogen-bond acceptors (Lipinski definition) is 6. The molecule has 7 nitrogen and oxygen atoms in total. The van der Waals surface area contributed by atoms with Crippen molar-refractivity contribution < 1.29 is 4.42 Å². The fourth-order valence-electron chi connectivity index (χ4n) is 1.90. The molecule has 0 amide bonds. The van der Waals surface area contributed by atoms with Gasteiger partial charge in [0.15, 0.2) is 5.82 Å². The molecule has 0 fully saturated rings. The van der Waals surface area contributed by atoms with Gasteiger partial charge in [-0.1, -0.05) is 19.1 Å². The fourth-order valence-corrected chi connectivity index (χ4v) is 1.90. The number of benzene rings is 1. The highest BCUT2D eigenvalue weighted by Crippen LogP contribution is 2.23. The summed E-state index contributed by atoms with van der Waals surface area (Å²) in [5.74, 6) is 0.858. The lowest BCUT2D eigenvalue weighted by Crippen LogP contribution is -1.99. The number of nitrogens with one attached hydrogen (secondary N) is 2. The second-order valence-corrected chi connectivity index (χ2v) is 4.55. The molecule has 1 aromatic carbocycles. The molecule has 102 valence electrons. The van der Waals surface area contributed by atoms with Crippen LogP contribution in [0.25, 0.3) is 0 Å². The van der Waals surface area contributed by atoms with Crippen molar-refractivity contribution in [2.75, 3.05) is 5.32 Å². The van der Waals surface area contributed by atoms with E-state index in [4.69, 9.17) is 4.42 Å². The standard InChI is InChI=1S/C13H14N6O/c1-8-7-20-13(14-8)15-11-5-3-10(4-6-11)9(2)12-16-18-19-17-12/h3-7,9H,1-2H3,(H,14,15)(H,16,17,18,19)/t9-/m1/s1. The Morgan fingerprint density at radius 1 is 1.25 bits per heavy atom. The van der Waals surface area contributed by atoms with Crippen LogP contribution >= 0.6 is 0 Å². The van der Waals surface area contributed by atoms with Gasteiger partial charge in [0, 0.05) is 11.6 Å². The molecule has 0 saturated carbocycles. The Balaban J connectivity index is 1.74. The van der Waals surface area contributed by atoms with Crippen molar-refractivity contribution in [3.8, 4) is 0 Å². The highest BCUT2D eigenvalue weighted by molar-refractivity contribution is 5.53. The van der Waals surface area contributed by atoms with E-state index in [2.05, 4.69) is 30.9 Å². The van der Waals surface area contributed by atoms with Crippen molar-refractivity contribution in [2.24, 2.45) is 0 Å². The number of H-pyrrole nitrogens is 1. The minimum atomic E-state index is 0.114. The molecule has 1 atom stereocenters. The van der Waals surface area contributed by atoms with Crippen LogP contribution in [0, 0.1) is 6.92 Å². The number of aryl methyl sites for hydroxylation is 1. The first-order chi connectivity index (χ1) is 9.72. The van der Waals surface area contributed by atoms with E-state index in [1.165, 1.54) is 0 Å². The molecule has 2 N–H and O–H groups in total. The van der Waals surface area contributed by atoms with Crippen LogP contribution in [-0.4, -0.2) is 25.6 Å². The Labute approximate surface area is 115 Å². The molecule has 0 radical (unpaired) electrons. The topological polar surface area (TPSA) is 92.5 Å². The lowest BCUT2D eigenvalue weighted by Gasteiger charge is -2.09. The van der Waals surface area contributed by atoms with E-state index in [1.54, 1.807) is 6.26 Å². The van der Waals surface area contributed by atoms with Crippen molar-refractivity contribution in [2.45, 2.75) is 19.8 Å². The first-order valence-corrected chi connectivity index (χ1v) is 6.25. The Morgan fingerprint density at radius 2 is 2.05 bits per heavy atom. The quantitative estimate of drug-likeness (QED) is 0.756. The van der Waals surface area contributed by atoms with Crippen LogP contribution in [0.2, 0.25) is 0 Å². The highest BCUT2D eigenvalue weighted by Gasteiger charge is 2.12. The molecule has 0 unspecified atom stereocenters. The molecule has 0 saturated heterocycles. The number of aromatic nitrogens is 5. The van der Waals surface area contributed by atoms with Gasteiger partial charge >= 0.3 is 0 Å². The lowest BCUT2D eigenvalue weighted by atomic mass is 10.0. The first kappa shape index (κ1) is 12.3. The number of hydrogen-bond donors (Lipinski definition) is 2. The average Bonchev–Trinajstić information content (AvgIpc) is 3.11. The molecule has 2 heterocycles. The monoisotopic (exact) mass is 270 g/mol. The molecule has 3 aromatic rings. The SMILES string of the molecule is Cc1coc(Nc2ccc([C@@H](C)c3nnn[nH]3)cc2)n1. The van der Waals surface area contributed by atoms with Gasteiger partial charge in [-0.05, 0) is 35.0 Å². The molecular weight excluding hydrogens is 256 g/mol. The maximum atomic E-state index is 5.25. The molecule has 0 aliphatic rings. The molecule has 0 aliphatic heterocycles. The molecule has 3 rings (SSSR count). The van der Waals surface area contributed by atoms with Crippen molar-refractivity contribution in [1.29, 1.82) is 0 Å². The van der Waals surface area contributed by atoms with E-state index in [0.717, 1.165) is 22.8 Å². The molecule has 0 bridgehead atoms. The van der Waals surface area contributed by atoms with Gasteiger partial charge in [-0.2, -0.15) is 4.98 Å². The summed E-state index contributed by atoms with van der Waals surface area (Å²) >= 11 is 0. The van der Waals surface area contributed by atoms with Gasteiger partial charge in [0.05, 0.1) is 5.69 Å². The van der Waals surface area contributed by atoms with Crippen LogP contribution in [0.3, 0.4) is 0 Å². The Morgan fingerprint density at radius 3 is 2.65 bits per heavy atom. The van der Waals surface area contributed by atoms with Crippen molar-refractivity contribution in [1.82, 2.24) is 25.6 Å². The molecule has 0 spiro atoms. The van der Waals surface area contributed by atoms with Crippen LogP contribution < -0.4 is 5.32 Å². The Hall–Kier alpha value is -2.70. The average molecular weight is 270 g/mol. The number of aromatic amines is 1. The smallest absolute Gasteiger partial charge is 0.299 e. The summed E-state index contributed by atoms with van der Waals surface area (Å²) in [6, 6.07) is 8.46. The van der Waals surface area contributed by atoms with E-state index < -0.39 is 0 Å². The second kappa shape index (κ2) is 5.12. The van der Waals surface area contributed by atoms with Gasteiger partial charge in [0.25, 0.3) is 6.01 Å². The van der Waals surface area contributed by atoms with Crippen molar-refractivity contribution in [3.63, 3.8) is 0 Å². The van der Waals surface area contributed by atoms with Crippen molar-refractivity contribution in [3.05, 3.63) is 47.6 Å². The zero-order chi connectivity index (χ0) is 13.9. The molecule has 20 heavy (non-hydrogen) atoms. The number of rotatable bonds is 4. The largest absolute Gasteiger partial charge is 0.432 e. The first-order valence-electron chi connectivity index (χ1n) is 6.25. The van der Waals surface area contributed by atoms with Crippen LogP contribution in [-0.2, 0) is 0 Å². The number of oxazole rings is 1. The zero-order valence-corrected chi connectivity index (χ0v) is 11.2. The minimum absolute atomic E-state index is 0.114. The molecule has 0 aliphatic carbocycles. The predicted molar refractivity (Wildman–Crippen MR) is 72.7 cm³/mol. The van der Waals surface area contributed by atoms with E-state index in [-0.39, 0.29) is 5.92 Å². The third kappa shape index (κ3) is 2.51. The second-order valence-electron chi connectivity index (χ2n) is 4.55. The molecular formula is C13H14N6O. The third-order valence-corrected chi connectivity index (χ3v) is 3.05. The van der Waals surface area contributed by atoms with Crippen LogP contribution in [0.5, 0.6) is 0 Å². The maximum absolute atomic E-state index is 5.25. The van der Waals surface area contributed by atoms with Crippen LogP contribution in [0.4, 0.5) is 11.7 Å². The Bertz CT molecular complexity index is 673. The summed E-state index contributed by atoms with van der Waals surface area (Å²) in [6.45, 7) is 3.92. The van der Waals surface area contributed by atoms with Gasteiger partial charge in [-0.25, -0.2) is 5.10 Å². The van der Waals surface area contributed by atoms with E-state index in [0.29, 0.717) is 6.01 Å². The maximum Gasteiger partial charge on any atom is 0.299 e. The molecule has 2 aromatic heterocycles. The van der Waals surface area contributed by atoms with Gasteiger partial charge in [0.1, 0.15) is 6.26 Å². The fraction of sp³-hybridized carbons (Fsp3) is 0.231. The van der Waals surface area contributed by atoms with Gasteiger partial charge < -0.3 is 9.73 Å². The summed E-state index contributed by atoms with van der Waals surface area (Å²) in [5, 5.41) is 17.0. The molecule has 7 heteroatoms. The summed E-state index contributed by atoms with van der Waals surface area (Å²) in [6.07, 6.45) is 1.61. The van der Waals surface area contributed by atoms with Crippen LogP contribution in [0.15, 0.2) is 34.9 Å². The van der Waals surface area contributed by atoms with E-state index in [1.807, 2.05) is 38.1 Å². The number of tetrazole rings is 1. The third-order valence-electron chi connectivity index (χ3n) is 3.05. The number of anilines is 2. The van der Waals surface area contributed by atoms with E-state index >= 15 is 0 Å². The normalized spacial score (nSPS) is 12.3. The van der Waals surface area contributed by atoms with Crippen molar-refractivity contribution >= 4 is 11.7 Å². The minimum Gasteiger partial charge on any atom is -0.432 e. The summed E-state index contributed by atoms with van der Waals surface area (Å²) in [4.78, 5) is 4.19. The van der Waals surface area contributed by atoms with Gasteiger partial charge in [-0.15, -0.1) is 5.10 Å². The predicted octanol–water partition coefficient (Wildman–Crippen LogP) is 2.39. The summed E-state index contributed by atoms with van der Waals surface area (Å²) in [7, 11) is 0. The van der Waals surface area contributed by atoms with E-state index in [9.17, 15) is 0 Å². The summed E-state index contributed by atoms with van der Waals surface area (Å²) in [5.41, 5.74) is 2.88. The lowest BCUT2D eigenvalue weighted by molar-refractivity contribution is 0.577. The van der Waals surface area contributed by atoms with Crippen LogP contribution in [0.1, 0.15) is 29.9 Å². The summed E-state index contributed by atoms with van der Waals surface area (Å²) < 4.78 is 5.25. The number of nitrogens with zero attached hydrogens (tertiary/aromatic N) is 4. The highest BCUT2D eigenvalue weighted by atomic mass is 16.4.